The maximum absolute atomic E-state index is 11.7. The summed E-state index contributed by atoms with van der Waals surface area (Å²) >= 11 is 0. The van der Waals surface area contributed by atoms with Gasteiger partial charge in [0.05, 0.1) is 19.0 Å². The summed E-state index contributed by atoms with van der Waals surface area (Å²) in [7, 11) is 1.33. The number of nitrogen functional groups attached to an aromatic ring is 1. The molecule has 0 amide bonds. The van der Waals surface area contributed by atoms with Crippen LogP contribution in [0.1, 0.15) is 15.9 Å². The molecule has 0 atom stereocenters. The number of hydrogen-bond donors (Lipinski definition) is 2. The first kappa shape index (κ1) is 13.8. The van der Waals surface area contributed by atoms with Crippen molar-refractivity contribution in [2.45, 2.75) is 6.42 Å². The van der Waals surface area contributed by atoms with Gasteiger partial charge in [0.25, 0.3) is 0 Å². The Bertz CT molecular complexity index is 587. The highest BCUT2D eigenvalue weighted by atomic mass is 16.5. The lowest BCUT2D eigenvalue weighted by molar-refractivity contribution is 0.0601. The minimum absolute atomic E-state index is 0.335. The maximum atomic E-state index is 11.7. The highest BCUT2D eigenvalue weighted by Crippen LogP contribution is 2.16. The average molecular weight is 272 g/mol. The Morgan fingerprint density at radius 2 is 2.15 bits per heavy atom. The number of hydrogen-bond acceptors (Lipinski definition) is 6. The summed E-state index contributed by atoms with van der Waals surface area (Å²) in [5.41, 5.74) is 7.55. The van der Waals surface area contributed by atoms with E-state index in [-0.39, 0.29) is 0 Å². The molecule has 104 valence electrons. The first-order valence-electron chi connectivity index (χ1n) is 6.17. The second-order valence-electron chi connectivity index (χ2n) is 4.19. The second-order valence-corrected chi connectivity index (χ2v) is 4.19. The van der Waals surface area contributed by atoms with Crippen LogP contribution in [0.2, 0.25) is 0 Å². The van der Waals surface area contributed by atoms with Crippen LogP contribution in [-0.4, -0.2) is 29.6 Å². The van der Waals surface area contributed by atoms with Crippen LogP contribution in [0.25, 0.3) is 0 Å². The second kappa shape index (κ2) is 6.51. The SMILES string of the molecule is COC(=O)c1cc(N)cnc1NCCc1ccncc1. The van der Waals surface area contributed by atoms with Gasteiger partial charge in [0, 0.05) is 18.9 Å². The molecular weight excluding hydrogens is 256 g/mol. The predicted octanol–water partition coefficient (Wildman–Crippen LogP) is 1.50. The molecule has 2 aromatic rings. The summed E-state index contributed by atoms with van der Waals surface area (Å²) in [4.78, 5) is 19.7. The third-order valence-corrected chi connectivity index (χ3v) is 2.77. The molecule has 0 bridgehead atoms. The van der Waals surface area contributed by atoms with E-state index in [4.69, 9.17) is 10.5 Å². The fourth-order valence-electron chi connectivity index (χ4n) is 1.76. The van der Waals surface area contributed by atoms with Crippen LogP contribution in [0.5, 0.6) is 0 Å². The lowest BCUT2D eigenvalue weighted by atomic mass is 10.2. The van der Waals surface area contributed by atoms with E-state index in [1.807, 2.05) is 12.1 Å². The van der Waals surface area contributed by atoms with Crippen LogP contribution in [-0.2, 0) is 11.2 Å². The zero-order valence-electron chi connectivity index (χ0n) is 11.2. The zero-order chi connectivity index (χ0) is 14.4. The molecule has 6 nitrogen and oxygen atoms in total. The van der Waals surface area contributed by atoms with Crippen molar-refractivity contribution in [2.75, 3.05) is 24.7 Å². The van der Waals surface area contributed by atoms with Gasteiger partial charge in [-0.1, -0.05) is 0 Å². The minimum Gasteiger partial charge on any atom is -0.465 e. The van der Waals surface area contributed by atoms with Gasteiger partial charge < -0.3 is 15.8 Å². The Morgan fingerprint density at radius 1 is 1.40 bits per heavy atom. The predicted molar refractivity (Wildman–Crippen MR) is 76.4 cm³/mol. The first-order chi connectivity index (χ1) is 9.70. The molecular formula is C14H16N4O2. The number of rotatable bonds is 5. The lowest BCUT2D eigenvalue weighted by Crippen LogP contribution is -2.13. The number of anilines is 2. The summed E-state index contributed by atoms with van der Waals surface area (Å²) in [6.45, 7) is 0.644. The van der Waals surface area contributed by atoms with Gasteiger partial charge in [-0.05, 0) is 30.2 Å². The van der Waals surface area contributed by atoms with Crippen molar-refractivity contribution in [3.8, 4) is 0 Å². The third-order valence-electron chi connectivity index (χ3n) is 2.77. The largest absolute Gasteiger partial charge is 0.465 e. The average Bonchev–Trinajstić information content (AvgIpc) is 2.49. The van der Waals surface area contributed by atoms with E-state index in [9.17, 15) is 4.79 Å². The number of nitrogens with two attached hydrogens (primary N) is 1. The number of carbonyl (C=O) groups excluding carboxylic acids is 1. The van der Waals surface area contributed by atoms with Crippen LogP contribution >= 0.6 is 0 Å². The zero-order valence-corrected chi connectivity index (χ0v) is 11.2. The van der Waals surface area contributed by atoms with Crippen LogP contribution in [0, 0.1) is 0 Å². The number of methoxy groups -OCH3 is 1. The van der Waals surface area contributed by atoms with Crippen molar-refractivity contribution in [3.63, 3.8) is 0 Å². The Balaban J connectivity index is 2.04. The number of nitrogens with zero attached hydrogens (tertiary/aromatic N) is 2. The van der Waals surface area contributed by atoms with E-state index in [1.165, 1.54) is 13.3 Å². The lowest BCUT2D eigenvalue weighted by Gasteiger charge is -2.10. The molecule has 2 heterocycles. The number of esters is 1. The molecule has 6 heteroatoms. The summed E-state index contributed by atoms with van der Waals surface area (Å²) in [5.74, 6) is 0.0105. The molecule has 0 saturated carbocycles. The van der Waals surface area contributed by atoms with Crippen molar-refractivity contribution in [1.29, 1.82) is 0 Å². The van der Waals surface area contributed by atoms with Gasteiger partial charge in [0.2, 0.25) is 0 Å². The Morgan fingerprint density at radius 3 is 2.85 bits per heavy atom. The van der Waals surface area contributed by atoms with Crippen LogP contribution in [0.3, 0.4) is 0 Å². The molecule has 0 fully saturated rings. The molecule has 0 aliphatic rings. The van der Waals surface area contributed by atoms with Crippen molar-refractivity contribution >= 4 is 17.5 Å². The van der Waals surface area contributed by atoms with Crippen molar-refractivity contribution in [3.05, 3.63) is 47.9 Å². The molecule has 0 aromatic carbocycles. The number of ether oxygens (including phenoxy) is 1. The molecule has 20 heavy (non-hydrogen) atoms. The summed E-state index contributed by atoms with van der Waals surface area (Å²) in [6.07, 6.45) is 5.80. The van der Waals surface area contributed by atoms with Crippen LogP contribution in [0.15, 0.2) is 36.8 Å². The number of nitrogens with one attached hydrogen (secondary N) is 1. The van der Waals surface area contributed by atoms with Gasteiger partial charge in [0.15, 0.2) is 0 Å². The third kappa shape index (κ3) is 3.44. The summed E-state index contributed by atoms with van der Waals surface area (Å²) in [6, 6.07) is 5.44. The Labute approximate surface area is 117 Å². The molecule has 0 aliphatic heterocycles. The molecule has 3 N–H and O–H groups in total. The van der Waals surface area contributed by atoms with Crippen molar-refractivity contribution < 1.29 is 9.53 Å². The van der Waals surface area contributed by atoms with Crippen molar-refractivity contribution in [2.24, 2.45) is 0 Å². The van der Waals surface area contributed by atoms with Crippen LogP contribution in [0.4, 0.5) is 11.5 Å². The molecule has 0 spiro atoms. The summed E-state index contributed by atoms with van der Waals surface area (Å²) in [5, 5.41) is 3.12. The monoisotopic (exact) mass is 272 g/mol. The Kier molecular flexibility index (Phi) is 4.49. The van der Waals surface area contributed by atoms with Gasteiger partial charge in [0.1, 0.15) is 11.4 Å². The molecule has 0 unspecified atom stereocenters. The van der Waals surface area contributed by atoms with E-state index >= 15 is 0 Å². The van der Waals surface area contributed by atoms with E-state index in [0.717, 1.165) is 12.0 Å². The van der Waals surface area contributed by atoms with Gasteiger partial charge >= 0.3 is 5.97 Å². The molecule has 0 aliphatic carbocycles. The van der Waals surface area contributed by atoms with Crippen LogP contribution < -0.4 is 11.1 Å². The molecule has 2 rings (SSSR count). The van der Waals surface area contributed by atoms with E-state index in [1.54, 1.807) is 18.5 Å². The number of pyridine rings is 2. The minimum atomic E-state index is -0.462. The topological polar surface area (TPSA) is 90.1 Å². The molecule has 0 radical (unpaired) electrons. The highest BCUT2D eigenvalue weighted by molar-refractivity contribution is 5.95. The van der Waals surface area contributed by atoms with Gasteiger partial charge in [-0.2, -0.15) is 0 Å². The van der Waals surface area contributed by atoms with E-state index < -0.39 is 5.97 Å². The van der Waals surface area contributed by atoms with Gasteiger partial charge in [-0.25, -0.2) is 9.78 Å². The van der Waals surface area contributed by atoms with Gasteiger partial charge in [-0.15, -0.1) is 0 Å². The number of carbonyl (C=O) groups is 1. The normalized spacial score (nSPS) is 10.1. The first-order valence-corrected chi connectivity index (χ1v) is 6.17. The fourth-order valence-corrected chi connectivity index (χ4v) is 1.76. The fraction of sp³-hybridized carbons (Fsp3) is 0.214. The smallest absolute Gasteiger partial charge is 0.341 e. The Hall–Kier alpha value is -2.63. The maximum Gasteiger partial charge on any atom is 0.341 e. The van der Waals surface area contributed by atoms with E-state index in [2.05, 4.69) is 15.3 Å². The molecule has 0 saturated heterocycles. The number of aromatic nitrogens is 2. The standard InChI is InChI=1S/C14H16N4O2/c1-20-14(19)12-8-11(15)9-18-13(12)17-7-4-10-2-5-16-6-3-10/h2-3,5-6,8-9H,4,7,15H2,1H3,(H,17,18). The van der Waals surface area contributed by atoms with E-state index in [0.29, 0.717) is 23.6 Å². The van der Waals surface area contributed by atoms with Gasteiger partial charge in [-0.3, -0.25) is 4.98 Å². The van der Waals surface area contributed by atoms with Crippen molar-refractivity contribution in [1.82, 2.24) is 9.97 Å². The highest BCUT2D eigenvalue weighted by Gasteiger charge is 2.13. The molecule has 2 aromatic heterocycles. The summed E-state index contributed by atoms with van der Waals surface area (Å²) < 4.78 is 4.71. The quantitative estimate of drug-likeness (QED) is 0.802.